The quantitative estimate of drug-likeness (QED) is 0.172. The number of rotatable bonds is 7. The largest absolute Gasteiger partial charge is 0.340 e. The molecule has 9 nitrogen and oxygen atoms in total. The third-order valence-electron chi connectivity index (χ3n) is 10.5. The number of aromatic amines is 1. The van der Waals surface area contributed by atoms with Crippen LogP contribution >= 0.6 is 0 Å². The Morgan fingerprint density at radius 1 is 0.922 bits per heavy atom. The van der Waals surface area contributed by atoms with Gasteiger partial charge in [0.1, 0.15) is 5.82 Å². The first kappa shape index (κ1) is 32.7. The summed E-state index contributed by atoms with van der Waals surface area (Å²) in [6.07, 6.45) is 11.6. The zero-order chi connectivity index (χ0) is 35.1. The summed E-state index contributed by atoms with van der Waals surface area (Å²) < 4.78 is 0. The number of allylic oxidation sites excluding steroid dienone is 1. The number of hydrogen-bond acceptors (Lipinski definition) is 6. The van der Waals surface area contributed by atoms with E-state index in [2.05, 4.69) is 95.9 Å². The van der Waals surface area contributed by atoms with Crippen molar-refractivity contribution in [1.29, 1.82) is 0 Å². The molecule has 51 heavy (non-hydrogen) atoms. The molecule has 0 bridgehead atoms. The Balaban J connectivity index is 1.01. The Morgan fingerprint density at radius 3 is 2.49 bits per heavy atom. The van der Waals surface area contributed by atoms with E-state index in [0.717, 1.165) is 92.2 Å². The molecule has 0 saturated carbocycles. The van der Waals surface area contributed by atoms with Crippen molar-refractivity contribution in [2.75, 3.05) is 11.4 Å². The Kier molecular flexibility index (Phi) is 8.73. The number of nitrogens with one attached hydrogen (secondary N) is 2. The fourth-order valence-electron chi connectivity index (χ4n) is 7.63. The molecule has 9 heteroatoms. The molecule has 1 fully saturated rings. The lowest BCUT2D eigenvalue weighted by molar-refractivity contribution is -0.120. The second-order valence-corrected chi connectivity index (χ2v) is 13.9. The van der Waals surface area contributed by atoms with Crippen LogP contribution in [-0.2, 0) is 22.4 Å². The van der Waals surface area contributed by atoms with Gasteiger partial charge in [0.05, 0.1) is 35.2 Å². The van der Waals surface area contributed by atoms with Crippen LogP contribution in [0.5, 0.6) is 0 Å². The molecule has 1 unspecified atom stereocenters. The number of imidazole rings is 1. The maximum Gasteiger partial charge on any atom is 0.242 e. The first-order valence-electron chi connectivity index (χ1n) is 17.8. The summed E-state index contributed by atoms with van der Waals surface area (Å²) in [4.78, 5) is 49.2. The second-order valence-electron chi connectivity index (χ2n) is 13.9. The van der Waals surface area contributed by atoms with Crippen LogP contribution in [-0.4, -0.2) is 51.3 Å². The van der Waals surface area contributed by atoms with Gasteiger partial charge < -0.3 is 15.2 Å². The van der Waals surface area contributed by atoms with Crippen molar-refractivity contribution in [1.82, 2.24) is 20.3 Å². The molecule has 2 amide bonds. The number of amides is 2. The highest BCUT2D eigenvalue weighted by atomic mass is 16.2. The average molecular weight is 676 g/mol. The molecule has 5 heterocycles. The van der Waals surface area contributed by atoms with E-state index in [1.165, 1.54) is 19.6 Å². The molecule has 5 aromatic rings. The highest BCUT2D eigenvalue weighted by Gasteiger charge is 2.42. The number of H-pyrrole nitrogens is 1. The van der Waals surface area contributed by atoms with Crippen LogP contribution < -0.4 is 10.2 Å². The summed E-state index contributed by atoms with van der Waals surface area (Å²) in [6.45, 7) is 6.64. The van der Waals surface area contributed by atoms with Gasteiger partial charge in [-0.1, -0.05) is 48.5 Å². The molecule has 2 N–H and O–H groups in total. The summed E-state index contributed by atoms with van der Waals surface area (Å²) in [6, 6.07) is 23.4. The minimum Gasteiger partial charge on any atom is -0.340 e. The molecule has 3 aromatic carbocycles. The van der Waals surface area contributed by atoms with Gasteiger partial charge in [-0.25, -0.2) is 9.98 Å². The van der Waals surface area contributed by atoms with Gasteiger partial charge in [0.2, 0.25) is 11.8 Å². The molecule has 0 aliphatic carbocycles. The minimum atomic E-state index is -0.461. The number of hydrogen-bond donors (Lipinski definition) is 2. The highest BCUT2D eigenvalue weighted by molar-refractivity contribution is 6.07. The van der Waals surface area contributed by atoms with Crippen molar-refractivity contribution in [3.05, 3.63) is 108 Å². The molecular weight excluding hydrogens is 635 g/mol. The summed E-state index contributed by atoms with van der Waals surface area (Å²) in [5.41, 5.74) is 10.4. The number of aliphatic imine (C=N–C) groups is 2. The maximum atomic E-state index is 13.9. The molecular formula is C42H41N7O2. The molecule has 0 radical (unpaired) electrons. The van der Waals surface area contributed by atoms with Gasteiger partial charge in [0, 0.05) is 54.8 Å². The molecule has 256 valence electrons. The third-order valence-corrected chi connectivity index (χ3v) is 10.5. The number of aryl methyl sites for hydroxylation is 1. The number of aromatic nitrogens is 3. The van der Waals surface area contributed by atoms with Crippen LogP contribution in [0.1, 0.15) is 68.6 Å². The van der Waals surface area contributed by atoms with Crippen molar-refractivity contribution < 1.29 is 9.59 Å². The van der Waals surface area contributed by atoms with Crippen LogP contribution in [0.2, 0.25) is 0 Å². The standard InChI is InChI=1S/C42H41N7O2/c1-25(21-44-26(2)36-8-5-17-43-36)34-15-16-37(46-22-34)31-12-10-30-19-32(13-11-29(30)18-31)38-24-47-41(48-38)39-20-33-7-4-6-28-9-14-35(23-45-27(3)50)42(51)49(39)40(28)33/h4,6-7,10-13,15-16,18-19,21-24,35-36,39,43H,5,8-9,14,17,20H2,1-3H3,(H,47,48)/b25-21+,44-26?,45-23?/t35?,36-,39-/m0/s1. The Bertz CT molecular complexity index is 2240. The highest BCUT2D eigenvalue weighted by Crippen LogP contribution is 2.45. The van der Waals surface area contributed by atoms with Gasteiger partial charge in [-0.05, 0) is 97.3 Å². The van der Waals surface area contributed by atoms with Gasteiger partial charge in [-0.3, -0.25) is 19.6 Å². The van der Waals surface area contributed by atoms with E-state index in [-0.39, 0.29) is 17.9 Å². The van der Waals surface area contributed by atoms with Crippen LogP contribution in [0.3, 0.4) is 0 Å². The Morgan fingerprint density at radius 2 is 1.73 bits per heavy atom. The van der Waals surface area contributed by atoms with Crippen LogP contribution in [0.25, 0.3) is 38.9 Å². The summed E-state index contributed by atoms with van der Waals surface area (Å²) in [5, 5.41) is 5.73. The van der Waals surface area contributed by atoms with Gasteiger partial charge in [-0.15, -0.1) is 0 Å². The smallest absolute Gasteiger partial charge is 0.242 e. The van der Waals surface area contributed by atoms with Crippen molar-refractivity contribution >= 4 is 45.8 Å². The van der Waals surface area contributed by atoms with Crippen LogP contribution in [0, 0.1) is 5.92 Å². The number of pyridine rings is 1. The number of para-hydroxylation sites is 1. The van der Waals surface area contributed by atoms with E-state index in [4.69, 9.17) is 15.0 Å². The van der Waals surface area contributed by atoms with Crippen molar-refractivity contribution in [2.45, 2.75) is 65.0 Å². The number of fused-ring (bicyclic) bond motifs is 1. The van der Waals surface area contributed by atoms with Crippen molar-refractivity contribution in [3.63, 3.8) is 0 Å². The number of carbonyl (C=O) groups excluding carboxylic acids is 2. The predicted octanol–water partition coefficient (Wildman–Crippen LogP) is 7.68. The van der Waals surface area contributed by atoms with E-state index >= 15 is 0 Å². The maximum absolute atomic E-state index is 13.9. The lowest BCUT2D eigenvalue weighted by atomic mass is 9.98. The van der Waals surface area contributed by atoms with Gasteiger partial charge >= 0.3 is 0 Å². The molecule has 8 rings (SSSR count). The second kappa shape index (κ2) is 13.6. The first-order chi connectivity index (χ1) is 24.8. The molecule has 3 atom stereocenters. The van der Waals surface area contributed by atoms with E-state index in [0.29, 0.717) is 18.9 Å². The normalized spacial score (nSPS) is 20.7. The summed E-state index contributed by atoms with van der Waals surface area (Å²) in [5.74, 6) is -0.0621. The lowest BCUT2D eigenvalue weighted by Crippen LogP contribution is -2.37. The first-order valence-corrected chi connectivity index (χ1v) is 17.8. The zero-order valence-corrected chi connectivity index (χ0v) is 29.2. The Labute approximate surface area is 297 Å². The van der Waals surface area contributed by atoms with Gasteiger partial charge in [0.25, 0.3) is 0 Å². The van der Waals surface area contributed by atoms with Crippen LogP contribution in [0.15, 0.2) is 95.3 Å². The monoisotopic (exact) mass is 675 g/mol. The van der Waals surface area contributed by atoms with E-state index in [9.17, 15) is 9.59 Å². The van der Waals surface area contributed by atoms with E-state index in [1.54, 1.807) is 0 Å². The van der Waals surface area contributed by atoms with Gasteiger partial charge in [0.15, 0.2) is 0 Å². The minimum absolute atomic E-state index is 0.0412. The average Bonchev–Trinajstić information content (AvgIpc) is 3.92. The third kappa shape index (κ3) is 6.45. The topological polar surface area (TPSA) is 116 Å². The van der Waals surface area contributed by atoms with E-state index in [1.807, 2.05) is 23.5 Å². The van der Waals surface area contributed by atoms with Gasteiger partial charge in [-0.2, -0.15) is 0 Å². The number of benzene rings is 3. The molecule has 0 spiro atoms. The predicted molar refractivity (Wildman–Crippen MR) is 204 cm³/mol. The fraction of sp³-hybridized carbons (Fsp3) is 0.286. The van der Waals surface area contributed by atoms with Crippen molar-refractivity contribution in [3.8, 4) is 22.5 Å². The lowest BCUT2D eigenvalue weighted by Gasteiger charge is -2.26. The zero-order valence-electron chi connectivity index (χ0n) is 29.2. The Hall–Kier alpha value is -5.54. The molecule has 3 aliphatic rings. The van der Waals surface area contributed by atoms with Crippen LogP contribution in [0.4, 0.5) is 5.69 Å². The molecule has 1 saturated heterocycles. The fourth-order valence-corrected chi connectivity index (χ4v) is 7.63. The van der Waals surface area contributed by atoms with Crippen molar-refractivity contribution in [2.24, 2.45) is 15.9 Å². The SMILES string of the molecule is CC(=O)N=CC1CCc2cccc3c2N(C1=O)[C@H](c1ncc(-c2ccc4cc(-c5ccc(/C(C)=C/N=C(C)[C@@H]6CCCN6)cn5)ccc4c2)[nH]1)C3. The molecule has 3 aliphatic heterocycles. The molecule has 2 aromatic heterocycles. The number of carbonyl (C=O) groups is 2. The summed E-state index contributed by atoms with van der Waals surface area (Å²) in [7, 11) is 0. The number of nitrogens with zero attached hydrogens (tertiary/aromatic N) is 5. The van der Waals surface area contributed by atoms with E-state index < -0.39 is 5.92 Å². The number of anilines is 1. The summed E-state index contributed by atoms with van der Waals surface area (Å²) >= 11 is 0.